The summed E-state index contributed by atoms with van der Waals surface area (Å²) in [5.74, 6) is 0.578. The largest absolute Gasteiger partial charge is 0.489 e. The summed E-state index contributed by atoms with van der Waals surface area (Å²) in [5.41, 5.74) is 1.49. The van der Waals surface area contributed by atoms with E-state index in [1.54, 1.807) is 17.4 Å². The summed E-state index contributed by atoms with van der Waals surface area (Å²) in [6.45, 7) is 2.00. The highest BCUT2D eigenvalue weighted by molar-refractivity contribution is 7.09. The minimum Gasteiger partial charge on any atom is -0.489 e. The molecule has 3 rings (SSSR count). The summed E-state index contributed by atoms with van der Waals surface area (Å²) in [6, 6.07) is 9.70. The zero-order chi connectivity index (χ0) is 13.8. The molecule has 1 aromatic carbocycles. The lowest BCUT2D eigenvalue weighted by Gasteiger charge is -2.21. The molecule has 4 nitrogen and oxygen atoms in total. The lowest BCUT2D eigenvalue weighted by atomic mass is 10.1. The van der Waals surface area contributed by atoms with Gasteiger partial charge >= 0.3 is 0 Å². The van der Waals surface area contributed by atoms with E-state index < -0.39 is 0 Å². The second kappa shape index (κ2) is 5.96. The third kappa shape index (κ3) is 2.77. The van der Waals surface area contributed by atoms with Gasteiger partial charge in [0.2, 0.25) is 0 Å². The van der Waals surface area contributed by atoms with Gasteiger partial charge in [-0.3, -0.25) is 4.79 Å². The number of carbonyl (C=O) groups excluding carboxylic acids is 1. The highest BCUT2D eigenvalue weighted by atomic mass is 32.1. The highest BCUT2D eigenvalue weighted by Crippen LogP contribution is 2.30. The average molecular weight is 288 g/mol. The van der Waals surface area contributed by atoms with Gasteiger partial charge in [-0.1, -0.05) is 12.1 Å². The molecule has 20 heavy (non-hydrogen) atoms. The fourth-order valence-electron chi connectivity index (χ4n) is 2.20. The Morgan fingerprint density at radius 1 is 1.35 bits per heavy atom. The quantitative estimate of drug-likeness (QED) is 0.909. The number of amides is 1. The Labute approximate surface area is 121 Å². The van der Waals surface area contributed by atoms with Gasteiger partial charge in [0.25, 0.3) is 5.91 Å². The zero-order valence-electron chi connectivity index (χ0n) is 11.0. The smallest absolute Gasteiger partial charge is 0.255 e. The van der Waals surface area contributed by atoms with Crippen LogP contribution in [-0.4, -0.2) is 25.6 Å². The molecule has 0 saturated carbocycles. The molecule has 0 spiro atoms. The summed E-state index contributed by atoms with van der Waals surface area (Å²) in [4.78, 5) is 13.5. The summed E-state index contributed by atoms with van der Waals surface area (Å²) >= 11 is 1.71. The molecule has 0 atom stereocenters. The van der Waals surface area contributed by atoms with Gasteiger partial charge in [0.15, 0.2) is 5.75 Å². The third-order valence-electron chi connectivity index (χ3n) is 3.16. The van der Waals surface area contributed by atoms with Gasteiger partial charge in [0.1, 0.15) is 6.61 Å². The van der Waals surface area contributed by atoms with Gasteiger partial charge in [-0.25, -0.2) is 0 Å². The van der Waals surface area contributed by atoms with Crippen LogP contribution in [0.1, 0.15) is 15.2 Å². The van der Waals surface area contributed by atoms with Crippen LogP contribution in [0.2, 0.25) is 0 Å². The molecule has 0 bridgehead atoms. The molecule has 2 N–H and O–H groups in total. The molecule has 1 aliphatic rings. The summed E-state index contributed by atoms with van der Waals surface area (Å²) in [5, 5.41) is 8.23. The maximum atomic E-state index is 12.2. The van der Waals surface area contributed by atoms with Gasteiger partial charge in [-0.2, -0.15) is 0 Å². The average Bonchev–Trinajstić information content (AvgIpc) is 3.00. The lowest BCUT2D eigenvalue weighted by molar-refractivity contribution is 0.0950. The van der Waals surface area contributed by atoms with Crippen molar-refractivity contribution >= 4 is 22.9 Å². The first-order valence-corrected chi connectivity index (χ1v) is 7.53. The maximum absolute atomic E-state index is 12.2. The third-order valence-corrected chi connectivity index (χ3v) is 4.10. The van der Waals surface area contributed by atoms with E-state index >= 15 is 0 Å². The summed E-state index contributed by atoms with van der Waals surface area (Å²) in [6.07, 6.45) is 0.859. The minimum atomic E-state index is -0.0814. The number of ether oxygens (including phenoxy) is 1. The van der Waals surface area contributed by atoms with Crippen molar-refractivity contribution in [3.63, 3.8) is 0 Å². The molecule has 1 aromatic heterocycles. The number of fused-ring (bicyclic) bond motifs is 1. The number of carbonyl (C=O) groups is 1. The number of para-hydroxylation sites is 1. The van der Waals surface area contributed by atoms with Crippen molar-refractivity contribution < 1.29 is 9.53 Å². The molecule has 5 heteroatoms. The highest BCUT2D eigenvalue weighted by Gasteiger charge is 2.18. The Morgan fingerprint density at radius 2 is 2.30 bits per heavy atom. The molecule has 1 aliphatic heterocycles. The van der Waals surface area contributed by atoms with Crippen LogP contribution in [0.15, 0.2) is 35.7 Å². The van der Waals surface area contributed by atoms with E-state index in [0.29, 0.717) is 24.5 Å². The van der Waals surface area contributed by atoms with Crippen LogP contribution in [-0.2, 0) is 6.42 Å². The predicted octanol–water partition coefficient (Wildman–Crippen LogP) is 2.52. The second-order valence-electron chi connectivity index (χ2n) is 4.54. The Balaban J connectivity index is 1.65. The van der Waals surface area contributed by atoms with Crippen LogP contribution in [0.5, 0.6) is 5.75 Å². The van der Waals surface area contributed by atoms with Crippen LogP contribution in [0.4, 0.5) is 5.69 Å². The fraction of sp³-hybridized carbons (Fsp3) is 0.267. The number of thiophene rings is 1. The zero-order valence-corrected chi connectivity index (χ0v) is 11.8. The number of hydrogen-bond donors (Lipinski definition) is 2. The SMILES string of the molecule is O=C(NCCc1cccs1)c1cccc2c1OCCN2. The van der Waals surface area contributed by atoms with Gasteiger partial charge in [-0.15, -0.1) is 11.3 Å². The second-order valence-corrected chi connectivity index (χ2v) is 5.58. The fourth-order valence-corrected chi connectivity index (χ4v) is 2.91. The summed E-state index contributed by atoms with van der Waals surface area (Å²) in [7, 11) is 0. The lowest BCUT2D eigenvalue weighted by Crippen LogP contribution is -2.27. The van der Waals surface area contributed by atoms with Crippen LogP contribution >= 0.6 is 11.3 Å². The van der Waals surface area contributed by atoms with Crippen LogP contribution < -0.4 is 15.4 Å². The van der Waals surface area contributed by atoms with Crippen molar-refractivity contribution in [1.82, 2.24) is 5.32 Å². The Kier molecular flexibility index (Phi) is 3.87. The van der Waals surface area contributed by atoms with E-state index in [4.69, 9.17) is 4.74 Å². The molecule has 0 unspecified atom stereocenters. The van der Waals surface area contributed by atoms with E-state index in [1.807, 2.05) is 23.6 Å². The van der Waals surface area contributed by atoms with E-state index in [1.165, 1.54) is 4.88 Å². The van der Waals surface area contributed by atoms with Gasteiger partial charge in [0, 0.05) is 18.0 Å². The number of hydrogen-bond acceptors (Lipinski definition) is 4. The molecule has 0 aliphatic carbocycles. The van der Waals surface area contributed by atoms with E-state index in [2.05, 4.69) is 16.7 Å². The van der Waals surface area contributed by atoms with Gasteiger partial charge in [0.05, 0.1) is 11.3 Å². The number of nitrogens with one attached hydrogen (secondary N) is 2. The molecule has 2 heterocycles. The van der Waals surface area contributed by atoms with Crippen LogP contribution in [0, 0.1) is 0 Å². The topological polar surface area (TPSA) is 50.4 Å². The van der Waals surface area contributed by atoms with Gasteiger partial charge in [-0.05, 0) is 30.0 Å². The molecule has 104 valence electrons. The number of rotatable bonds is 4. The molecular weight excluding hydrogens is 272 g/mol. The summed E-state index contributed by atoms with van der Waals surface area (Å²) < 4.78 is 5.61. The van der Waals surface area contributed by atoms with Crippen molar-refractivity contribution in [1.29, 1.82) is 0 Å². The van der Waals surface area contributed by atoms with Crippen molar-refractivity contribution in [2.45, 2.75) is 6.42 Å². The molecule has 0 fully saturated rings. The minimum absolute atomic E-state index is 0.0814. The van der Waals surface area contributed by atoms with Gasteiger partial charge < -0.3 is 15.4 Å². The van der Waals surface area contributed by atoms with Crippen molar-refractivity contribution in [3.05, 3.63) is 46.2 Å². The normalized spacial score (nSPS) is 13.0. The van der Waals surface area contributed by atoms with E-state index in [-0.39, 0.29) is 5.91 Å². The number of benzene rings is 1. The monoisotopic (exact) mass is 288 g/mol. The van der Waals surface area contributed by atoms with Crippen molar-refractivity contribution in [2.75, 3.05) is 25.0 Å². The molecule has 1 amide bonds. The predicted molar refractivity (Wildman–Crippen MR) is 80.8 cm³/mol. The maximum Gasteiger partial charge on any atom is 0.255 e. The molecular formula is C15H16N2O2S. The standard InChI is InChI=1S/C15H16N2O2S/c18-15(17-7-6-11-3-2-10-20-11)12-4-1-5-13-14(12)19-9-8-16-13/h1-5,10,16H,6-9H2,(H,17,18). The first-order valence-electron chi connectivity index (χ1n) is 6.65. The molecule has 2 aromatic rings. The Morgan fingerprint density at radius 3 is 3.15 bits per heavy atom. The molecule has 0 saturated heterocycles. The van der Waals surface area contributed by atoms with Crippen LogP contribution in [0.3, 0.4) is 0 Å². The first-order chi connectivity index (χ1) is 9.84. The number of anilines is 1. The van der Waals surface area contributed by atoms with E-state index in [0.717, 1.165) is 18.7 Å². The molecule has 0 radical (unpaired) electrons. The van der Waals surface area contributed by atoms with Crippen LogP contribution in [0.25, 0.3) is 0 Å². The van der Waals surface area contributed by atoms with Crippen molar-refractivity contribution in [2.24, 2.45) is 0 Å². The van der Waals surface area contributed by atoms with E-state index in [9.17, 15) is 4.79 Å². The van der Waals surface area contributed by atoms with Crippen molar-refractivity contribution in [3.8, 4) is 5.75 Å². The Bertz CT molecular complexity index is 596. The first kappa shape index (κ1) is 13.0. The Hall–Kier alpha value is -2.01.